The van der Waals surface area contributed by atoms with Crippen molar-refractivity contribution in [1.29, 1.82) is 0 Å². The largest absolute Gasteiger partial charge is 0.283 e. The van der Waals surface area contributed by atoms with Crippen LogP contribution in [0.25, 0.3) is 0 Å². The van der Waals surface area contributed by atoms with Gasteiger partial charge in [0.25, 0.3) is 5.69 Å². The molecular formula is C16H12ClN5O2S. The van der Waals surface area contributed by atoms with E-state index in [4.69, 9.17) is 11.6 Å². The highest BCUT2D eigenvalue weighted by molar-refractivity contribution is 7.99. The van der Waals surface area contributed by atoms with Crippen molar-refractivity contribution in [2.24, 2.45) is 4.99 Å². The zero-order chi connectivity index (χ0) is 17.8. The number of aromatic nitrogens is 3. The van der Waals surface area contributed by atoms with Gasteiger partial charge in [-0.25, -0.2) is 4.98 Å². The first-order valence-corrected chi connectivity index (χ1v) is 8.35. The number of rotatable bonds is 5. The molecule has 7 nitrogen and oxygen atoms in total. The molecule has 126 valence electrons. The van der Waals surface area contributed by atoms with Crippen LogP contribution in [-0.4, -0.2) is 26.3 Å². The number of hydrogen-bond donors (Lipinski definition) is 1. The van der Waals surface area contributed by atoms with Gasteiger partial charge in [-0.3, -0.25) is 20.2 Å². The van der Waals surface area contributed by atoms with Crippen LogP contribution in [0.5, 0.6) is 0 Å². The second-order valence-electron chi connectivity index (χ2n) is 5.02. The highest BCUT2D eigenvalue weighted by atomic mass is 35.5. The molecule has 0 saturated carbocycles. The molecule has 0 fully saturated rings. The molecule has 0 bridgehead atoms. The number of nitro groups is 1. The quantitative estimate of drug-likeness (QED) is 0.401. The fourth-order valence-corrected chi connectivity index (χ4v) is 2.96. The van der Waals surface area contributed by atoms with E-state index in [1.165, 1.54) is 6.07 Å². The molecule has 0 radical (unpaired) electrons. The van der Waals surface area contributed by atoms with Crippen LogP contribution in [0.1, 0.15) is 11.4 Å². The molecule has 0 spiro atoms. The Kier molecular flexibility index (Phi) is 5.11. The number of nitrogens with zero attached hydrogens (tertiary/aromatic N) is 4. The Morgan fingerprint density at radius 3 is 2.68 bits per heavy atom. The zero-order valence-corrected chi connectivity index (χ0v) is 14.6. The van der Waals surface area contributed by atoms with E-state index in [0.29, 0.717) is 32.1 Å². The summed E-state index contributed by atoms with van der Waals surface area (Å²) >= 11 is 6.96. The fraction of sp³-hybridized carbons (Fsp3) is 0.0625. The number of hydrogen-bond acceptors (Lipinski definition) is 6. The Bertz CT molecular complexity index is 940. The van der Waals surface area contributed by atoms with Crippen LogP contribution in [0.3, 0.4) is 0 Å². The van der Waals surface area contributed by atoms with Crippen LogP contribution in [0.2, 0.25) is 5.02 Å². The molecule has 0 aliphatic heterocycles. The van der Waals surface area contributed by atoms with Crippen molar-refractivity contribution in [2.45, 2.75) is 17.0 Å². The lowest BCUT2D eigenvalue weighted by Gasteiger charge is -2.01. The minimum absolute atomic E-state index is 0.0208. The van der Waals surface area contributed by atoms with Crippen LogP contribution in [-0.2, 0) is 0 Å². The van der Waals surface area contributed by atoms with Crippen molar-refractivity contribution in [3.8, 4) is 0 Å². The second-order valence-corrected chi connectivity index (χ2v) is 6.47. The van der Waals surface area contributed by atoms with Gasteiger partial charge in [0.05, 0.1) is 15.5 Å². The maximum absolute atomic E-state index is 11.4. The number of aliphatic imine (C=N–C) groups is 1. The van der Waals surface area contributed by atoms with Gasteiger partial charge in [0.2, 0.25) is 5.16 Å². The Morgan fingerprint density at radius 1 is 1.28 bits per heavy atom. The maximum atomic E-state index is 11.4. The van der Waals surface area contributed by atoms with E-state index in [1.807, 2.05) is 0 Å². The van der Waals surface area contributed by atoms with Gasteiger partial charge in [0.15, 0.2) is 0 Å². The summed E-state index contributed by atoms with van der Waals surface area (Å²) in [6, 6.07) is 11.9. The summed E-state index contributed by atoms with van der Waals surface area (Å²) in [5.74, 6) is 0.650. The predicted octanol–water partition coefficient (Wildman–Crippen LogP) is 4.58. The van der Waals surface area contributed by atoms with Crippen molar-refractivity contribution in [1.82, 2.24) is 15.2 Å². The number of halogens is 1. The van der Waals surface area contributed by atoms with Crippen molar-refractivity contribution in [3.05, 3.63) is 69.0 Å². The van der Waals surface area contributed by atoms with Crippen molar-refractivity contribution >= 4 is 41.0 Å². The average molecular weight is 374 g/mol. The summed E-state index contributed by atoms with van der Waals surface area (Å²) in [4.78, 5) is 19.8. The molecule has 1 heterocycles. The first-order chi connectivity index (χ1) is 12.0. The molecule has 0 aliphatic carbocycles. The third-order valence-corrected chi connectivity index (χ3v) is 4.33. The predicted molar refractivity (Wildman–Crippen MR) is 97.0 cm³/mol. The first-order valence-electron chi connectivity index (χ1n) is 7.16. The normalized spacial score (nSPS) is 11.1. The van der Waals surface area contributed by atoms with Gasteiger partial charge in [-0.15, -0.1) is 5.10 Å². The van der Waals surface area contributed by atoms with Crippen LogP contribution in [0, 0.1) is 17.0 Å². The molecule has 25 heavy (non-hydrogen) atoms. The Hall–Kier alpha value is -2.71. The fourth-order valence-electron chi connectivity index (χ4n) is 1.99. The summed E-state index contributed by atoms with van der Waals surface area (Å²) in [6.07, 6.45) is 1.57. The molecule has 3 aromatic rings. The van der Waals surface area contributed by atoms with E-state index in [1.54, 1.807) is 49.5 Å². The standard InChI is InChI=1S/C16H12ClN5O2S/c1-10-19-16(21-20-10)25-15-7-2-11(8-14(15)22(23)24)9-18-13-5-3-12(17)4-6-13/h2-9H,1H3,(H,19,20,21). The summed E-state index contributed by atoms with van der Waals surface area (Å²) in [5.41, 5.74) is 1.31. The summed E-state index contributed by atoms with van der Waals surface area (Å²) in [7, 11) is 0. The molecule has 0 saturated heterocycles. The lowest BCUT2D eigenvalue weighted by Crippen LogP contribution is -1.93. The lowest BCUT2D eigenvalue weighted by molar-refractivity contribution is -0.387. The van der Waals surface area contributed by atoms with E-state index in [9.17, 15) is 10.1 Å². The molecule has 0 amide bonds. The lowest BCUT2D eigenvalue weighted by atomic mass is 10.2. The number of aryl methyl sites for hydroxylation is 1. The smallest absolute Gasteiger partial charge is 0.262 e. The van der Waals surface area contributed by atoms with E-state index < -0.39 is 4.92 Å². The van der Waals surface area contributed by atoms with Gasteiger partial charge in [-0.05, 0) is 54.6 Å². The molecule has 2 aromatic carbocycles. The molecule has 1 N–H and O–H groups in total. The molecule has 0 atom stereocenters. The third-order valence-electron chi connectivity index (χ3n) is 3.15. The van der Waals surface area contributed by atoms with Crippen molar-refractivity contribution in [3.63, 3.8) is 0 Å². The van der Waals surface area contributed by atoms with Gasteiger partial charge in [0, 0.05) is 17.3 Å². The Morgan fingerprint density at radius 2 is 2.04 bits per heavy atom. The number of aromatic amines is 1. The van der Waals surface area contributed by atoms with Gasteiger partial charge >= 0.3 is 0 Å². The molecule has 1 aromatic heterocycles. The van der Waals surface area contributed by atoms with Gasteiger partial charge in [-0.1, -0.05) is 17.7 Å². The zero-order valence-electron chi connectivity index (χ0n) is 13.0. The number of nitro benzene ring substituents is 1. The third kappa shape index (κ3) is 4.43. The average Bonchev–Trinajstić information content (AvgIpc) is 3.00. The SMILES string of the molecule is Cc1nc(Sc2ccc(C=Nc3ccc(Cl)cc3)cc2[N+](=O)[O-])n[nH]1. The van der Waals surface area contributed by atoms with Crippen LogP contribution >= 0.6 is 23.4 Å². The molecule has 9 heteroatoms. The number of nitrogens with one attached hydrogen (secondary N) is 1. The summed E-state index contributed by atoms with van der Waals surface area (Å²) in [5, 5.41) is 19.1. The Balaban J connectivity index is 1.85. The molecule has 3 rings (SSSR count). The highest BCUT2D eigenvalue weighted by Gasteiger charge is 2.17. The van der Waals surface area contributed by atoms with E-state index in [0.717, 1.165) is 11.8 Å². The minimum atomic E-state index is -0.429. The molecule has 0 aliphatic rings. The van der Waals surface area contributed by atoms with E-state index >= 15 is 0 Å². The van der Waals surface area contributed by atoms with E-state index in [-0.39, 0.29) is 5.69 Å². The van der Waals surface area contributed by atoms with Gasteiger partial charge in [0.1, 0.15) is 5.82 Å². The minimum Gasteiger partial charge on any atom is -0.262 e. The van der Waals surface area contributed by atoms with Crippen molar-refractivity contribution in [2.75, 3.05) is 0 Å². The monoisotopic (exact) mass is 373 g/mol. The van der Waals surface area contributed by atoms with E-state index in [2.05, 4.69) is 20.2 Å². The maximum Gasteiger partial charge on any atom is 0.283 e. The van der Waals surface area contributed by atoms with Gasteiger partial charge in [-0.2, -0.15) is 0 Å². The first kappa shape index (κ1) is 17.1. The Labute approximate surface area is 152 Å². The summed E-state index contributed by atoms with van der Waals surface area (Å²) in [6.45, 7) is 1.77. The van der Waals surface area contributed by atoms with Crippen LogP contribution < -0.4 is 0 Å². The summed E-state index contributed by atoms with van der Waals surface area (Å²) < 4.78 is 0. The van der Waals surface area contributed by atoms with Crippen LogP contribution in [0.4, 0.5) is 11.4 Å². The van der Waals surface area contributed by atoms with Crippen LogP contribution in [0.15, 0.2) is 57.5 Å². The van der Waals surface area contributed by atoms with Crippen molar-refractivity contribution < 1.29 is 4.92 Å². The molecule has 0 unspecified atom stereocenters. The number of benzene rings is 2. The number of H-pyrrole nitrogens is 1. The second kappa shape index (κ2) is 7.45. The molecular weight excluding hydrogens is 362 g/mol. The topological polar surface area (TPSA) is 97.1 Å². The van der Waals surface area contributed by atoms with Gasteiger partial charge < -0.3 is 0 Å². The highest BCUT2D eigenvalue weighted by Crippen LogP contribution is 2.33.